The summed E-state index contributed by atoms with van der Waals surface area (Å²) in [6.45, 7) is 7.61. The number of pyridine rings is 1. The molecular formula is C25H36N4O2. The van der Waals surface area contributed by atoms with E-state index in [1.165, 1.54) is 19.3 Å². The lowest BCUT2D eigenvalue weighted by Gasteiger charge is -2.52. The van der Waals surface area contributed by atoms with Gasteiger partial charge in [-0.1, -0.05) is 6.42 Å². The molecule has 0 unspecified atom stereocenters. The quantitative estimate of drug-likeness (QED) is 0.748. The molecule has 5 rings (SSSR count). The molecular weight excluding hydrogens is 388 g/mol. The summed E-state index contributed by atoms with van der Waals surface area (Å²) >= 11 is 0. The van der Waals surface area contributed by atoms with Crippen molar-refractivity contribution in [3.63, 3.8) is 0 Å². The predicted octanol–water partition coefficient (Wildman–Crippen LogP) is 3.11. The first-order chi connectivity index (χ1) is 15.0. The van der Waals surface area contributed by atoms with Crippen LogP contribution in [0.15, 0.2) is 18.5 Å². The Morgan fingerprint density at radius 3 is 2.39 bits per heavy atom. The molecule has 4 fully saturated rings. The first-order valence-electron chi connectivity index (χ1n) is 12.3. The highest BCUT2D eigenvalue weighted by molar-refractivity contribution is 5.94. The standard InChI is InChI=1S/C25H36N4O2/c1-19-14-20(18-26-17-19)23(30)29-10-6-25(7-11-29)15-21(16-25)24(31)28-9-3-8-27(12-13-28)22-4-2-5-22/h14,17-18,21-22H,2-13,15-16H2,1H3. The van der Waals surface area contributed by atoms with Crippen molar-refractivity contribution in [3.8, 4) is 0 Å². The summed E-state index contributed by atoms with van der Waals surface area (Å²) in [6, 6.07) is 2.70. The summed E-state index contributed by atoms with van der Waals surface area (Å²) in [5.41, 5.74) is 1.99. The molecule has 2 saturated heterocycles. The predicted molar refractivity (Wildman–Crippen MR) is 120 cm³/mol. The molecule has 168 valence electrons. The number of nitrogens with zero attached hydrogens (tertiary/aromatic N) is 4. The molecule has 2 aliphatic carbocycles. The van der Waals surface area contributed by atoms with Crippen LogP contribution in [-0.2, 0) is 4.79 Å². The number of hydrogen-bond donors (Lipinski definition) is 0. The van der Waals surface area contributed by atoms with Crippen LogP contribution < -0.4 is 0 Å². The number of hydrogen-bond acceptors (Lipinski definition) is 4. The van der Waals surface area contributed by atoms with Gasteiger partial charge in [-0.2, -0.15) is 0 Å². The van der Waals surface area contributed by atoms with Crippen molar-refractivity contribution in [2.24, 2.45) is 11.3 Å². The van der Waals surface area contributed by atoms with Crippen LogP contribution in [0.3, 0.4) is 0 Å². The Balaban J connectivity index is 1.10. The van der Waals surface area contributed by atoms with Crippen LogP contribution in [0.5, 0.6) is 0 Å². The molecule has 3 heterocycles. The van der Waals surface area contributed by atoms with Gasteiger partial charge in [-0.3, -0.25) is 19.5 Å². The number of piperidine rings is 1. The fourth-order valence-corrected chi connectivity index (χ4v) is 6.14. The number of aryl methyl sites for hydroxylation is 1. The maximum absolute atomic E-state index is 13.1. The van der Waals surface area contributed by atoms with Crippen molar-refractivity contribution in [3.05, 3.63) is 29.6 Å². The van der Waals surface area contributed by atoms with Gasteiger partial charge in [0.2, 0.25) is 5.91 Å². The minimum atomic E-state index is 0.0959. The second-order valence-electron chi connectivity index (χ2n) is 10.4. The molecule has 2 aliphatic heterocycles. The van der Waals surface area contributed by atoms with E-state index in [-0.39, 0.29) is 17.2 Å². The summed E-state index contributed by atoms with van der Waals surface area (Å²) in [5.74, 6) is 0.697. The van der Waals surface area contributed by atoms with Crippen molar-refractivity contribution in [2.45, 2.75) is 64.3 Å². The lowest BCUT2D eigenvalue weighted by Crippen LogP contribution is -2.53. The maximum atomic E-state index is 13.1. The van der Waals surface area contributed by atoms with E-state index < -0.39 is 0 Å². The van der Waals surface area contributed by atoms with Crippen LogP contribution in [0, 0.1) is 18.3 Å². The normalized spacial score (nSPS) is 25.1. The molecule has 6 heteroatoms. The van der Waals surface area contributed by atoms with Crippen LogP contribution >= 0.6 is 0 Å². The van der Waals surface area contributed by atoms with E-state index in [0.29, 0.717) is 11.5 Å². The highest BCUT2D eigenvalue weighted by Crippen LogP contribution is 2.53. The van der Waals surface area contributed by atoms with Crippen molar-refractivity contribution < 1.29 is 9.59 Å². The summed E-state index contributed by atoms with van der Waals surface area (Å²) in [5, 5.41) is 0. The Morgan fingerprint density at radius 1 is 0.935 bits per heavy atom. The highest BCUT2D eigenvalue weighted by Gasteiger charge is 2.49. The Labute approximate surface area is 186 Å². The Morgan fingerprint density at radius 2 is 1.71 bits per heavy atom. The van der Waals surface area contributed by atoms with E-state index in [4.69, 9.17) is 0 Å². The van der Waals surface area contributed by atoms with Crippen LogP contribution in [0.4, 0.5) is 0 Å². The topological polar surface area (TPSA) is 56.8 Å². The van der Waals surface area contributed by atoms with Gasteiger partial charge in [-0.05, 0) is 68.9 Å². The Bertz CT molecular complexity index is 821. The minimum Gasteiger partial charge on any atom is -0.341 e. The van der Waals surface area contributed by atoms with Gasteiger partial charge in [-0.25, -0.2) is 0 Å². The number of rotatable bonds is 3. The van der Waals surface area contributed by atoms with Crippen molar-refractivity contribution in [2.75, 3.05) is 39.3 Å². The smallest absolute Gasteiger partial charge is 0.255 e. The Hall–Kier alpha value is -1.95. The molecule has 0 aromatic carbocycles. The van der Waals surface area contributed by atoms with Gasteiger partial charge < -0.3 is 9.80 Å². The van der Waals surface area contributed by atoms with Crippen LogP contribution in [-0.4, -0.2) is 76.8 Å². The first-order valence-corrected chi connectivity index (χ1v) is 12.3. The fraction of sp³-hybridized carbons (Fsp3) is 0.720. The van der Waals surface area contributed by atoms with Crippen LogP contribution in [0.2, 0.25) is 0 Å². The number of likely N-dealkylation sites (tertiary alicyclic amines) is 1. The maximum Gasteiger partial charge on any atom is 0.255 e. The van der Waals surface area contributed by atoms with E-state index in [9.17, 15) is 9.59 Å². The lowest BCUT2D eigenvalue weighted by atomic mass is 9.57. The average Bonchev–Trinajstić information content (AvgIpc) is 2.96. The second-order valence-corrected chi connectivity index (χ2v) is 10.4. The average molecular weight is 425 g/mol. The molecule has 0 atom stereocenters. The lowest BCUT2D eigenvalue weighted by molar-refractivity contribution is -0.145. The van der Waals surface area contributed by atoms with Gasteiger partial charge >= 0.3 is 0 Å². The first kappa shape index (κ1) is 20.9. The van der Waals surface area contributed by atoms with Gasteiger partial charge in [-0.15, -0.1) is 0 Å². The Kier molecular flexibility index (Phi) is 5.76. The molecule has 1 aromatic rings. The van der Waals surface area contributed by atoms with Gasteiger partial charge in [0.15, 0.2) is 0 Å². The van der Waals surface area contributed by atoms with Gasteiger partial charge in [0.1, 0.15) is 0 Å². The molecule has 1 aromatic heterocycles. The third-order valence-corrected chi connectivity index (χ3v) is 8.37. The molecule has 1 spiro atoms. The summed E-state index contributed by atoms with van der Waals surface area (Å²) in [4.78, 5) is 36.9. The highest BCUT2D eigenvalue weighted by atomic mass is 16.2. The summed E-state index contributed by atoms with van der Waals surface area (Å²) in [6.07, 6.45) is 12.7. The summed E-state index contributed by atoms with van der Waals surface area (Å²) in [7, 11) is 0. The minimum absolute atomic E-state index is 0.0959. The molecule has 2 amide bonds. The second kappa shape index (κ2) is 8.53. The number of aromatic nitrogens is 1. The van der Waals surface area contributed by atoms with Crippen LogP contribution in [0.1, 0.15) is 67.3 Å². The van der Waals surface area contributed by atoms with Crippen molar-refractivity contribution in [1.29, 1.82) is 0 Å². The largest absolute Gasteiger partial charge is 0.341 e. The molecule has 6 nitrogen and oxygen atoms in total. The zero-order valence-corrected chi connectivity index (χ0v) is 18.9. The van der Waals surface area contributed by atoms with E-state index in [2.05, 4.69) is 14.8 Å². The van der Waals surface area contributed by atoms with E-state index in [1.54, 1.807) is 12.4 Å². The van der Waals surface area contributed by atoms with E-state index >= 15 is 0 Å². The fourth-order valence-electron chi connectivity index (χ4n) is 6.14. The molecule has 2 saturated carbocycles. The van der Waals surface area contributed by atoms with E-state index in [0.717, 1.165) is 83.0 Å². The number of carbonyl (C=O) groups excluding carboxylic acids is 2. The van der Waals surface area contributed by atoms with Crippen molar-refractivity contribution in [1.82, 2.24) is 19.7 Å². The summed E-state index contributed by atoms with van der Waals surface area (Å²) < 4.78 is 0. The zero-order valence-electron chi connectivity index (χ0n) is 18.9. The zero-order chi connectivity index (χ0) is 21.4. The number of carbonyl (C=O) groups is 2. The third kappa shape index (κ3) is 4.23. The van der Waals surface area contributed by atoms with Gasteiger partial charge in [0, 0.05) is 63.6 Å². The van der Waals surface area contributed by atoms with Gasteiger partial charge in [0.25, 0.3) is 5.91 Å². The molecule has 4 aliphatic rings. The molecule has 0 N–H and O–H groups in total. The van der Waals surface area contributed by atoms with E-state index in [1.807, 2.05) is 17.9 Å². The molecule has 0 radical (unpaired) electrons. The number of amides is 2. The monoisotopic (exact) mass is 424 g/mol. The van der Waals surface area contributed by atoms with Crippen LogP contribution in [0.25, 0.3) is 0 Å². The van der Waals surface area contributed by atoms with Gasteiger partial charge in [0.05, 0.1) is 5.56 Å². The third-order valence-electron chi connectivity index (χ3n) is 8.37. The molecule has 31 heavy (non-hydrogen) atoms. The SMILES string of the molecule is Cc1cncc(C(=O)N2CCC3(CC2)CC(C(=O)N2CCCN(C4CCC4)CC2)C3)c1. The molecule has 0 bridgehead atoms. The van der Waals surface area contributed by atoms with Crippen molar-refractivity contribution >= 4 is 11.8 Å².